The second-order valence-corrected chi connectivity index (χ2v) is 5.01. The SMILES string of the molecule is CCN(CC)CCSc1cc(C#N)cc(Cl)n1. The predicted molar refractivity (Wildman–Crippen MR) is 72.5 cm³/mol. The highest BCUT2D eigenvalue weighted by Gasteiger charge is 2.03. The molecule has 1 aromatic heterocycles. The van der Waals surface area contributed by atoms with E-state index in [2.05, 4.69) is 29.8 Å². The molecule has 0 atom stereocenters. The normalized spacial score (nSPS) is 10.5. The summed E-state index contributed by atoms with van der Waals surface area (Å²) < 4.78 is 0. The Morgan fingerprint density at radius 2 is 2.12 bits per heavy atom. The molecule has 1 aromatic rings. The Hall–Kier alpha value is -0.760. The molecule has 3 nitrogen and oxygen atoms in total. The summed E-state index contributed by atoms with van der Waals surface area (Å²) in [6, 6.07) is 5.44. The average Bonchev–Trinajstić information content (AvgIpc) is 2.34. The first-order chi connectivity index (χ1) is 8.19. The summed E-state index contributed by atoms with van der Waals surface area (Å²) in [5, 5.41) is 10.0. The van der Waals surface area contributed by atoms with Crippen molar-refractivity contribution in [3.8, 4) is 6.07 Å². The van der Waals surface area contributed by atoms with Gasteiger partial charge in [-0.25, -0.2) is 4.98 Å². The van der Waals surface area contributed by atoms with E-state index in [4.69, 9.17) is 16.9 Å². The molecule has 0 fully saturated rings. The van der Waals surface area contributed by atoms with Gasteiger partial charge in [-0.1, -0.05) is 25.4 Å². The Kier molecular flexibility index (Phi) is 6.35. The van der Waals surface area contributed by atoms with Crippen molar-refractivity contribution < 1.29 is 0 Å². The Labute approximate surface area is 112 Å². The van der Waals surface area contributed by atoms with E-state index in [1.165, 1.54) is 0 Å². The fourth-order valence-electron chi connectivity index (χ4n) is 1.43. The average molecular weight is 270 g/mol. The van der Waals surface area contributed by atoms with Crippen LogP contribution in [0, 0.1) is 11.3 Å². The van der Waals surface area contributed by atoms with Crippen LogP contribution in [0.4, 0.5) is 0 Å². The van der Waals surface area contributed by atoms with E-state index in [1.54, 1.807) is 23.9 Å². The number of rotatable bonds is 6. The number of nitriles is 1. The van der Waals surface area contributed by atoms with Crippen LogP contribution in [0.5, 0.6) is 0 Å². The molecule has 0 saturated carbocycles. The first-order valence-corrected chi connectivity index (χ1v) is 6.98. The quantitative estimate of drug-likeness (QED) is 0.588. The fourth-order valence-corrected chi connectivity index (χ4v) is 2.62. The molecule has 0 amide bonds. The van der Waals surface area contributed by atoms with Crippen LogP contribution in [0.2, 0.25) is 5.15 Å². The largest absolute Gasteiger partial charge is 0.303 e. The van der Waals surface area contributed by atoms with E-state index >= 15 is 0 Å². The highest BCUT2D eigenvalue weighted by Crippen LogP contribution is 2.19. The minimum Gasteiger partial charge on any atom is -0.303 e. The number of nitrogens with zero attached hydrogens (tertiary/aromatic N) is 3. The standard InChI is InChI=1S/C12H16ClN3S/c1-3-16(4-2)5-6-17-12-8-10(9-14)7-11(13)15-12/h7-8H,3-6H2,1-2H3. The molecular weight excluding hydrogens is 254 g/mol. The third-order valence-electron chi connectivity index (χ3n) is 2.45. The van der Waals surface area contributed by atoms with E-state index in [0.29, 0.717) is 10.7 Å². The molecule has 0 aliphatic rings. The van der Waals surface area contributed by atoms with Crippen LogP contribution >= 0.6 is 23.4 Å². The smallest absolute Gasteiger partial charge is 0.131 e. The van der Waals surface area contributed by atoms with Gasteiger partial charge < -0.3 is 4.90 Å². The highest BCUT2D eigenvalue weighted by molar-refractivity contribution is 7.99. The van der Waals surface area contributed by atoms with Gasteiger partial charge in [0.1, 0.15) is 5.15 Å². The molecule has 1 heterocycles. The minimum absolute atomic E-state index is 0.384. The summed E-state index contributed by atoms with van der Waals surface area (Å²) in [6.45, 7) is 7.44. The lowest BCUT2D eigenvalue weighted by atomic mass is 10.3. The van der Waals surface area contributed by atoms with Gasteiger partial charge in [0.25, 0.3) is 0 Å². The molecule has 0 aromatic carbocycles. The van der Waals surface area contributed by atoms with Gasteiger partial charge in [-0.15, -0.1) is 11.8 Å². The van der Waals surface area contributed by atoms with Crippen molar-refractivity contribution in [2.24, 2.45) is 0 Å². The molecule has 0 N–H and O–H groups in total. The topological polar surface area (TPSA) is 39.9 Å². The molecule has 0 aliphatic carbocycles. The molecule has 17 heavy (non-hydrogen) atoms. The summed E-state index contributed by atoms with van der Waals surface area (Å²) in [7, 11) is 0. The molecule has 0 radical (unpaired) electrons. The van der Waals surface area contributed by atoms with Crippen molar-refractivity contribution >= 4 is 23.4 Å². The Morgan fingerprint density at radius 3 is 2.71 bits per heavy atom. The second kappa shape index (κ2) is 7.54. The zero-order valence-electron chi connectivity index (χ0n) is 10.1. The van der Waals surface area contributed by atoms with Crippen molar-refractivity contribution in [1.29, 1.82) is 5.26 Å². The Bertz CT molecular complexity index is 399. The van der Waals surface area contributed by atoms with Crippen LogP contribution < -0.4 is 0 Å². The van der Waals surface area contributed by atoms with E-state index in [-0.39, 0.29) is 0 Å². The molecule has 92 valence electrons. The summed E-state index contributed by atoms with van der Waals surface area (Å²) in [6.07, 6.45) is 0. The fraction of sp³-hybridized carbons (Fsp3) is 0.500. The molecule has 0 unspecified atom stereocenters. The van der Waals surface area contributed by atoms with Crippen LogP contribution in [0.15, 0.2) is 17.2 Å². The zero-order valence-corrected chi connectivity index (χ0v) is 11.7. The molecular formula is C12H16ClN3S. The van der Waals surface area contributed by atoms with Gasteiger partial charge in [-0.2, -0.15) is 5.26 Å². The van der Waals surface area contributed by atoms with Crippen molar-refractivity contribution in [2.45, 2.75) is 18.9 Å². The van der Waals surface area contributed by atoms with Crippen LogP contribution in [0.3, 0.4) is 0 Å². The molecule has 0 bridgehead atoms. The van der Waals surface area contributed by atoms with E-state index in [1.807, 2.05) is 0 Å². The molecule has 0 aliphatic heterocycles. The second-order valence-electron chi connectivity index (χ2n) is 3.50. The van der Waals surface area contributed by atoms with Gasteiger partial charge >= 0.3 is 0 Å². The van der Waals surface area contributed by atoms with Gasteiger partial charge in [0.15, 0.2) is 0 Å². The number of pyridine rings is 1. The van der Waals surface area contributed by atoms with Crippen LogP contribution in [-0.4, -0.2) is 35.3 Å². The third-order valence-corrected chi connectivity index (χ3v) is 3.54. The van der Waals surface area contributed by atoms with Crippen molar-refractivity contribution in [3.63, 3.8) is 0 Å². The van der Waals surface area contributed by atoms with E-state index in [0.717, 1.165) is 30.4 Å². The highest BCUT2D eigenvalue weighted by atomic mass is 35.5. The maximum Gasteiger partial charge on any atom is 0.131 e. The lowest BCUT2D eigenvalue weighted by Crippen LogP contribution is -2.25. The lowest BCUT2D eigenvalue weighted by Gasteiger charge is -2.17. The molecule has 1 rings (SSSR count). The number of halogens is 1. The summed E-state index contributed by atoms with van der Waals surface area (Å²) in [5.74, 6) is 0.958. The van der Waals surface area contributed by atoms with Gasteiger partial charge in [0.05, 0.1) is 16.7 Å². The van der Waals surface area contributed by atoms with Gasteiger partial charge in [0, 0.05) is 12.3 Å². The Balaban J connectivity index is 2.52. The molecule has 0 saturated heterocycles. The van der Waals surface area contributed by atoms with Crippen LogP contribution in [0.1, 0.15) is 19.4 Å². The number of hydrogen-bond donors (Lipinski definition) is 0. The summed E-state index contributed by atoms with van der Waals surface area (Å²) in [5.41, 5.74) is 0.565. The molecule has 5 heteroatoms. The Morgan fingerprint density at radius 1 is 1.41 bits per heavy atom. The van der Waals surface area contributed by atoms with Crippen LogP contribution in [0.25, 0.3) is 0 Å². The van der Waals surface area contributed by atoms with Crippen molar-refractivity contribution in [2.75, 3.05) is 25.4 Å². The van der Waals surface area contributed by atoms with E-state index < -0.39 is 0 Å². The van der Waals surface area contributed by atoms with Crippen molar-refractivity contribution in [3.05, 3.63) is 22.8 Å². The number of aromatic nitrogens is 1. The third kappa shape index (κ3) is 4.95. The van der Waals surface area contributed by atoms with E-state index in [9.17, 15) is 0 Å². The monoisotopic (exact) mass is 269 g/mol. The first-order valence-electron chi connectivity index (χ1n) is 5.62. The predicted octanol–water partition coefficient (Wildman–Crippen LogP) is 3.04. The number of hydrogen-bond acceptors (Lipinski definition) is 4. The summed E-state index contributed by atoms with van der Waals surface area (Å²) in [4.78, 5) is 6.54. The van der Waals surface area contributed by atoms with Gasteiger partial charge in [0.2, 0.25) is 0 Å². The number of thioether (sulfide) groups is 1. The maximum absolute atomic E-state index is 8.82. The minimum atomic E-state index is 0.384. The first kappa shape index (κ1) is 14.3. The van der Waals surface area contributed by atoms with Gasteiger partial charge in [-0.05, 0) is 25.2 Å². The van der Waals surface area contributed by atoms with Crippen LogP contribution in [-0.2, 0) is 0 Å². The summed E-state index contributed by atoms with van der Waals surface area (Å²) >= 11 is 7.47. The zero-order chi connectivity index (χ0) is 12.7. The lowest BCUT2D eigenvalue weighted by molar-refractivity contribution is 0.324. The maximum atomic E-state index is 8.82. The van der Waals surface area contributed by atoms with Gasteiger partial charge in [-0.3, -0.25) is 0 Å². The van der Waals surface area contributed by atoms with Crippen molar-refractivity contribution in [1.82, 2.24) is 9.88 Å². The molecule has 0 spiro atoms.